The summed E-state index contributed by atoms with van der Waals surface area (Å²) in [6, 6.07) is 9.29. The predicted octanol–water partition coefficient (Wildman–Crippen LogP) is 5.88. The molecular weight excluding hydrogens is 460 g/mol. The van der Waals surface area contributed by atoms with E-state index < -0.39 is 29.2 Å². The number of carbonyl (C=O) groups excluding carboxylic acids is 2. The molecule has 4 rings (SSSR count). The Hall–Kier alpha value is -2.61. The van der Waals surface area contributed by atoms with E-state index in [4.69, 9.17) is 11.6 Å². The van der Waals surface area contributed by atoms with Crippen LogP contribution in [-0.2, 0) is 16.6 Å². The molecule has 1 atom stereocenters. The molecule has 9 heteroatoms. The molecule has 0 spiro atoms. The number of hydrogen-bond donors (Lipinski definition) is 1. The molecule has 0 saturated heterocycles. The number of hydrogen-bond acceptors (Lipinski definition) is 2. The van der Waals surface area contributed by atoms with Gasteiger partial charge < -0.3 is 10.2 Å². The third kappa shape index (κ3) is 4.58. The molecule has 2 amide bonds. The SMILES string of the molecule is C[C@]1(F)C(=O)N(CC2CCC(NC(=O)c3cc(C(F)(F)F)ccc3Cl)CC2)c2ccccc21. The molecule has 0 bridgehead atoms. The Morgan fingerprint density at radius 1 is 1.15 bits per heavy atom. The van der Waals surface area contributed by atoms with Gasteiger partial charge in [-0.3, -0.25) is 9.59 Å². The predicted molar refractivity (Wildman–Crippen MR) is 117 cm³/mol. The minimum absolute atomic E-state index is 0.0466. The van der Waals surface area contributed by atoms with Crippen molar-refractivity contribution in [1.29, 1.82) is 0 Å². The number of anilines is 1. The van der Waals surface area contributed by atoms with Crippen molar-refractivity contribution >= 4 is 29.1 Å². The minimum atomic E-state index is -4.57. The molecule has 1 saturated carbocycles. The van der Waals surface area contributed by atoms with E-state index in [1.54, 1.807) is 24.3 Å². The quantitative estimate of drug-likeness (QED) is 0.553. The van der Waals surface area contributed by atoms with E-state index >= 15 is 0 Å². The number of benzene rings is 2. The zero-order chi connectivity index (χ0) is 24.0. The third-order valence-electron chi connectivity index (χ3n) is 6.51. The minimum Gasteiger partial charge on any atom is -0.349 e. The number of halogens is 5. The first-order valence-corrected chi connectivity index (χ1v) is 11.1. The number of amides is 2. The Balaban J connectivity index is 1.37. The maximum atomic E-state index is 15.0. The van der Waals surface area contributed by atoms with Gasteiger partial charge in [0.15, 0.2) is 0 Å². The van der Waals surface area contributed by atoms with Crippen LogP contribution in [0.25, 0.3) is 0 Å². The summed E-state index contributed by atoms with van der Waals surface area (Å²) in [5.74, 6) is -1.09. The number of carbonyl (C=O) groups is 2. The van der Waals surface area contributed by atoms with Gasteiger partial charge in [-0.2, -0.15) is 13.2 Å². The second kappa shape index (κ2) is 8.63. The van der Waals surface area contributed by atoms with Gasteiger partial charge in [-0.1, -0.05) is 29.8 Å². The van der Waals surface area contributed by atoms with Crippen LogP contribution < -0.4 is 10.2 Å². The van der Waals surface area contributed by atoms with Crippen LogP contribution >= 0.6 is 11.6 Å². The van der Waals surface area contributed by atoms with Gasteiger partial charge in [0.1, 0.15) is 0 Å². The van der Waals surface area contributed by atoms with Gasteiger partial charge in [0.05, 0.1) is 21.8 Å². The van der Waals surface area contributed by atoms with Gasteiger partial charge in [0, 0.05) is 18.2 Å². The number of nitrogens with one attached hydrogen (secondary N) is 1. The first-order valence-electron chi connectivity index (χ1n) is 10.8. The van der Waals surface area contributed by atoms with Crippen molar-refractivity contribution in [3.05, 3.63) is 64.2 Å². The van der Waals surface area contributed by atoms with Crippen molar-refractivity contribution in [2.24, 2.45) is 5.92 Å². The van der Waals surface area contributed by atoms with Crippen molar-refractivity contribution in [2.45, 2.75) is 50.5 Å². The van der Waals surface area contributed by atoms with Crippen molar-refractivity contribution in [2.75, 3.05) is 11.4 Å². The molecule has 2 aromatic rings. The molecule has 2 aliphatic rings. The molecule has 1 aliphatic carbocycles. The van der Waals surface area contributed by atoms with E-state index in [-0.39, 0.29) is 22.5 Å². The van der Waals surface area contributed by atoms with Crippen LogP contribution in [0.2, 0.25) is 5.02 Å². The van der Waals surface area contributed by atoms with E-state index in [2.05, 4.69) is 5.32 Å². The molecule has 1 fully saturated rings. The highest BCUT2D eigenvalue weighted by Crippen LogP contribution is 2.43. The van der Waals surface area contributed by atoms with Crippen molar-refractivity contribution in [1.82, 2.24) is 5.32 Å². The van der Waals surface area contributed by atoms with Crippen LogP contribution in [-0.4, -0.2) is 24.4 Å². The van der Waals surface area contributed by atoms with Gasteiger partial charge in [-0.25, -0.2) is 4.39 Å². The van der Waals surface area contributed by atoms with Gasteiger partial charge in [0.2, 0.25) is 5.67 Å². The topological polar surface area (TPSA) is 49.4 Å². The van der Waals surface area contributed by atoms with Crippen LogP contribution in [0.1, 0.15) is 54.1 Å². The molecule has 0 radical (unpaired) electrons. The molecule has 0 aromatic heterocycles. The van der Waals surface area contributed by atoms with Gasteiger partial charge in [-0.05, 0) is 62.8 Å². The number of alkyl halides is 4. The summed E-state index contributed by atoms with van der Waals surface area (Å²) in [5.41, 5.74) is -2.24. The van der Waals surface area contributed by atoms with Crippen LogP contribution in [0.15, 0.2) is 42.5 Å². The second-order valence-corrected chi connectivity index (χ2v) is 9.23. The van der Waals surface area contributed by atoms with Crippen LogP contribution in [0.5, 0.6) is 0 Å². The Morgan fingerprint density at radius 2 is 1.82 bits per heavy atom. The van der Waals surface area contributed by atoms with E-state index in [1.807, 2.05) is 0 Å². The lowest BCUT2D eigenvalue weighted by Gasteiger charge is -2.32. The van der Waals surface area contributed by atoms with E-state index in [0.29, 0.717) is 43.5 Å². The van der Waals surface area contributed by atoms with Gasteiger partial charge in [-0.15, -0.1) is 0 Å². The summed E-state index contributed by atoms with van der Waals surface area (Å²) < 4.78 is 53.9. The number of nitrogens with zero attached hydrogens (tertiary/aromatic N) is 1. The Kier molecular flexibility index (Phi) is 6.16. The fourth-order valence-corrected chi connectivity index (χ4v) is 4.86. The van der Waals surface area contributed by atoms with Gasteiger partial charge >= 0.3 is 6.18 Å². The Morgan fingerprint density at radius 3 is 2.48 bits per heavy atom. The molecule has 33 heavy (non-hydrogen) atoms. The molecule has 0 unspecified atom stereocenters. The maximum absolute atomic E-state index is 15.0. The highest BCUT2D eigenvalue weighted by atomic mass is 35.5. The summed E-state index contributed by atoms with van der Waals surface area (Å²) in [5, 5.41) is 2.73. The first kappa shape index (κ1) is 23.5. The third-order valence-corrected chi connectivity index (χ3v) is 6.84. The van der Waals surface area contributed by atoms with Crippen LogP contribution in [0.3, 0.4) is 0 Å². The maximum Gasteiger partial charge on any atom is 0.416 e. The van der Waals surface area contributed by atoms with E-state index in [1.165, 1.54) is 11.8 Å². The zero-order valence-electron chi connectivity index (χ0n) is 17.9. The van der Waals surface area contributed by atoms with Crippen molar-refractivity contribution in [3.8, 4) is 0 Å². The first-order chi connectivity index (χ1) is 15.5. The van der Waals surface area contributed by atoms with Crippen molar-refractivity contribution in [3.63, 3.8) is 0 Å². The fraction of sp³-hybridized carbons (Fsp3) is 0.417. The molecule has 1 N–H and O–H groups in total. The zero-order valence-corrected chi connectivity index (χ0v) is 18.6. The molecule has 2 aromatic carbocycles. The second-order valence-electron chi connectivity index (χ2n) is 8.82. The average Bonchev–Trinajstić information content (AvgIpc) is 2.95. The average molecular weight is 483 g/mol. The molecular formula is C24H23ClF4N2O2. The standard InChI is InChI=1S/C24H23ClF4N2O2/c1-23(26)18-4-2-3-5-20(18)31(22(23)33)13-14-6-9-16(10-7-14)30-21(32)17-12-15(24(27,28)29)8-11-19(17)25/h2-5,8,11-12,14,16H,6-7,9-10,13H2,1H3,(H,30,32)/t14?,16?,23-/m1/s1. The highest BCUT2D eigenvalue weighted by Gasteiger charge is 2.48. The van der Waals surface area contributed by atoms with E-state index in [9.17, 15) is 27.2 Å². The summed E-state index contributed by atoms with van der Waals surface area (Å²) in [6.07, 6.45) is -1.99. The summed E-state index contributed by atoms with van der Waals surface area (Å²) in [6.45, 7) is 1.66. The summed E-state index contributed by atoms with van der Waals surface area (Å²) in [7, 11) is 0. The number of fused-ring (bicyclic) bond motifs is 1. The lowest BCUT2D eigenvalue weighted by Crippen LogP contribution is -2.42. The van der Waals surface area contributed by atoms with Gasteiger partial charge in [0.25, 0.3) is 11.8 Å². The normalized spacial score (nSPS) is 25.2. The number of rotatable bonds is 4. The lowest BCUT2D eigenvalue weighted by molar-refractivity contribution is -0.137. The largest absolute Gasteiger partial charge is 0.416 e. The summed E-state index contributed by atoms with van der Waals surface area (Å²) >= 11 is 5.96. The smallest absolute Gasteiger partial charge is 0.349 e. The van der Waals surface area contributed by atoms with Crippen molar-refractivity contribution < 1.29 is 27.2 Å². The fourth-order valence-electron chi connectivity index (χ4n) is 4.65. The highest BCUT2D eigenvalue weighted by molar-refractivity contribution is 6.33. The van der Waals surface area contributed by atoms with E-state index in [0.717, 1.165) is 18.2 Å². The Bertz CT molecular complexity index is 1080. The number of para-hydroxylation sites is 1. The molecule has 4 nitrogen and oxygen atoms in total. The Labute approximate surface area is 193 Å². The molecule has 176 valence electrons. The molecule has 1 heterocycles. The molecule has 1 aliphatic heterocycles. The van der Waals surface area contributed by atoms with Crippen LogP contribution in [0, 0.1) is 5.92 Å². The summed E-state index contributed by atoms with van der Waals surface area (Å²) in [4.78, 5) is 26.7. The monoisotopic (exact) mass is 482 g/mol. The lowest BCUT2D eigenvalue weighted by atomic mass is 9.85. The van der Waals surface area contributed by atoms with Crippen LogP contribution in [0.4, 0.5) is 23.2 Å².